The van der Waals surface area contributed by atoms with E-state index in [1.165, 1.54) is 50.8 Å². The van der Waals surface area contributed by atoms with Crippen molar-refractivity contribution in [3.8, 4) is 5.75 Å². The molecule has 34 heavy (non-hydrogen) atoms. The summed E-state index contributed by atoms with van der Waals surface area (Å²) in [4.78, 5) is 16.3. The Labute approximate surface area is 201 Å². The first-order valence-electron chi connectivity index (χ1n) is 12.7. The molecule has 0 spiro atoms. The van der Waals surface area contributed by atoms with Crippen LogP contribution in [0.15, 0.2) is 18.5 Å². The summed E-state index contributed by atoms with van der Waals surface area (Å²) in [7, 11) is 1.71. The van der Waals surface area contributed by atoms with Gasteiger partial charge in [-0.15, -0.1) is 0 Å². The number of nitrogens with two attached hydrogens (primary N) is 1. The Kier molecular flexibility index (Phi) is 6.80. The highest BCUT2D eigenvalue weighted by Crippen LogP contribution is 2.35. The Morgan fingerprint density at radius 3 is 2.68 bits per heavy atom. The molecule has 0 amide bonds. The molecule has 3 aromatic heterocycles. The summed E-state index contributed by atoms with van der Waals surface area (Å²) in [5.74, 6) is 2.30. The molecule has 3 aromatic rings. The number of ether oxygens (including phenoxy) is 1. The summed E-state index contributed by atoms with van der Waals surface area (Å²) in [5, 5.41) is 7.96. The van der Waals surface area contributed by atoms with E-state index in [9.17, 15) is 0 Å². The molecule has 9 nitrogen and oxygen atoms in total. The molecule has 1 aliphatic heterocycles. The second-order valence-corrected chi connectivity index (χ2v) is 9.56. The predicted molar refractivity (Wildman–Crippen MR) is 134 cm³/mol. The Balaban J connectivity index is 1.34. The number of fused-ring (bicyclic) bond motifs is 1. The molecule has 3 N–H and O–H groups in total. The molecule has 1 aliphatic carbocycles. The fourth-order valence-corrected chi connectivity index (χ4v) is 5.14. The number of methoxy groups -OCH3 is 1. The van der Waals surface area contributed by atoms with E-state index in [4.69, 9.17) is 15.5 Å². The fraction of sp³-hybridized carbons (Fsp3) is 0.600. The van der Waals surface area contributed by atoms with Gasteiger partial charge in [0.25, 0.3) is 0 Å². The maximum atomic E-state index is 5.93. The second-order valence-electron chi connectivity index (χ2n) is 9.56. The number of likely N-dealkylation sites (tertiary alicyclic amines) is 1. The first-order valence-corrected chi connectivity index (χ1v) is 12.7. The van der Waals surface area contributed by atoms with Gasteiger partial charge in [0, 0.05) is 18.8 Å². The van der Waals surface area contributed by atoms with Crippen LogP contribution in [-0.2, 0) is 6.54 Å². The van der Waals surface area contributed by atoms with Crippen molar-refractivity contribution in [1.29, 1.82) is 0 Å². The molecule has 4 heterocycles. The van der Waals surface area contributed by atoms with E-state index in [0.717, 1.165) is 47.9 Å². The van der Waals surface area contributed by atoms with Gasteiger partial charge in [0.2, 0.25) is 5.95 Å². The number of piperidine rings is 1. The van der Waals surface area contributed by atoms with Gasteiger partial charge < -0.3 is 20.7 Å². The van der Waals surface area contributed by atoms with Crippen molar-refractivity contribution in [1.82, 2.24) is 29.6 Å². The standard InChI is InChI=1S/C25H36N8O/c1-3-4-10-27-24-23-20(30-25(26)31-24)15-29-33(23)16-21-22(34-2)13-18(14-28-21)17-8-11-32(12-9-17)19-6-5-7-19/h13-15,17,19H,3-12,16H2,1-2H3,(H3,26,27,30,31). The van der Waals surface area contributed by atoms with Crippen LogP contribution in [0.1, 0.15) is 69.0 Å². The molecule has 0 aromatic carbocycles. The molecule has 1 saturated carbocycles. The Morgan fingerprint density at radius 1 is 1.15 bits per heavy atom. The first kappa shape index (κ1) is 22.8. The molecule has 0 unspecified atom stereocenters. The van der Waals surface area contributed by atoms with Gasteiger partial charge in [-0.2, -0.15) is 10.1 Å². The van der Waals surface area contributed by atoms with E-state index in [-0.39, 0.29) is 5.95 Å². The van der Waals surface area contributed by atoms with Gasteiger partial charge in [0.05, 0.1) is 19.9 Å². The summed E-state index contributed by atoms with van der Waals surface area (Å²) in [6, 6.07) is 3.01. The number of anilines is 2. The van der Waals surface area contributed by atoms with E-state index in [0.29, 0.717) is 18.3 Å². The number of nitrogens with zero attached hydrogens (tertiary/aromatic N) is 6. The molecule has 0 bridgehead atoms. The number of hydrogen-bond donors (Lipinski definition) is 2. The normalized spacial score (nSPS) is 17.7. The van der Waals surface area contributed by atoms with Crippen LogP contribution >= 0.6 is 0 Å². The lowest BCUT2D eigenvalue weighted by Gasteiger charge is -2.41. The first-order chi connectivity index (χ1) is 16.7. The van der Waals surface area contributed by atoms with E-state index in [1.54, 1.807) is 13.3 Å². The third-order valence-corrected chi connectivity index (χ3v) is 7.39. The highest BCUT2D eigenvalue weighted by molar-refractivity contribution is 5.86. The third kappa shape index (κ3) is 4.66. The van der Waals surface area contributed by atoms with Crippen molar-refractivity contribution in [3.05, 3.63) is 29.7 Å². The fourth-order valence-electron chi connectivity index (χ4n) is 5.14. The van der Waals surface area contributed by atoms with Crippen molar-refractivity contribution >= 4 is 22.8 Å². The summed E-state index contributed by atoms with van der Waals surface area (Å²) in [6.07, 6.45) is 12.4. The topological polar surface area (TPSA) is 107 Å². The second kappa shape index (κ2) is 10.1. The number of hydrogen-bond acceptors (Lipinski definition) is 8. The maximum absolute atomic E-state index is 5.93. The zero-order valence-corrected chi connectivity index (χ0v) is 20.3. The Bertz CT molecular complexity index is 1120. The van der Waals surface area contributed by atoms with E-state index in [2.05, 4.69) is 38.3 Å². The van der Waals surface area contributed by atoms with Crippen molar-refractivity contribution in [2.75, 3.05) is 37.8 Å². The van der Waals surface area contributed by atoms with Gasteiger partial charge in [-0.25, -0.2) is 4.98 Å². The van der Waals surface area contributed by atoms with Crippen molar-refractivity contribution in [2.24, 2.45) is 0 Å². The summed E-state index contributed by atoms with van der Waals surface area (Å²) in [5.41, 5.74) is 9.60. The van der Waals surface area contributed by atoms with Gasteiger partial charge in [-0.05, 0) is 62.7 Å². The zero-order chi connectivity index (χ0) is 23.5. The molecular formula is C25H36N8O. The molecular weight excluding hydrogens is 428 g/mol. The summed E-state index contributed by atoms with van der Waals surface area (Å²) in [6.45, 7) is 5.84. The largest absolute Gasteiger partial charge is 0.495 e. The molecule has 182 valence electrons. The molecule has 0 radical (unpaired) electrons. The molecule has 0 atom stereocenters. The molecule has 2 fully saturated rings. The summed E-state index contributed by atoms with van der Waals surface area (Å²) >= 11 is 0. The van der Waals surface area contributed by atoms with E-state index >= 15 is 0 Å². The molecule has 1 saturated heterocycles. The van der Waals surface area contributed by atoms with Crippen LogP contribution in [0.4, 0.5) is 11.8 Å². The van der Waals surface area contributed by atoms with Crippen LogP contribution in [0.25, 0.3) is 11.0 Å². The van der Waals surface area contributed by atoms with Gasteiger partial charge >= 0.3 is 0 Å². The number of aromatic nitrogens is 5. The average Bonchev–Trinajstić information content (AvgIpc) is 3.21. The highest BCUT2D eigenvalue weighted by Gasteiger charge is 2.29. The Hall–Kier alpha value is -2.94. The molecule has 9 heteroatoms. The highest BCUT2D eigenvalue weighted by atomic mass is 16.5. The zero-order valence-electron chi connectivity index (χ0n) is 20.3. The van der Waals surface area contributed by atoms with Gasteiger partial charge in [-0.1, -0.05) is 19.8 Å². The van der Waals surface area contributed by atoms with Gasteiger partial charge in [0.15, 0.2) is 5.82 Å². The van der Waals surface area contributed by atoms with E-state index in [1.807, 2.05) is 10.9 Å². The van der Waals surface area contributed by atoms with Crippen LogP contribution in [0, 0.1) is 0 Å². The van der Waals surface area contributed by atoms with Crippen molar-refractivity contribution in [2.45, 2.75) is 70.4 Å². The van der Waals surface area contributed by atoms with Crippen LogP contribution in [0.5, 0.6) is 5.75 Å². The van der Waals surface area contributed by atoms with Crippen molar-refractivity contribution < 1.29 is 4.74 Å². The number of nitrogen functional groups attached to an aromatic ring is 1. The molecule has 5 rings (SSSR count). The minimum atomic E-state index is 0.245. The SMILES string of the molecule is CCCCNc1nc(N)nc2cnn(Cc3ncc(C4CCN(C5CCC5)CC4)cc3OC)c12. The van der Waals surface area contributed by atoms with Gasteiger partial charge in [-0.3, -0.25) is 9.67 Å². The third-order valence-electron chi connectivity index (χ3n) is 7.39. The lowest BCUT2D eigenvalue weighted by atomic mass is 9.85. The minimum Gasteiger partial charge on any atom is -0.495 e. The number of unbranched alkanes of at least 4 members (excludes halogenated alkanes) is 1. The lowest BCUT2D eigenvalue weighted by Crippen LogP contribution is -2.44. The number of nitrogens with one attached hydrogen (secondary N) is 1. The quantitative estimate of drug-likeness (QED) is 0.461. The maximum Gasteiger partial charge on any atom is 0.222 e. The van der Waals surface area contributed by atoms with Crippen LogP contribution in [0.3, 0.4) is 0 Å². The predicted octanol–water partition coefficient (Wildman–Crippen LogP) is 3.80. The van der Waals surface area contributed by atoms with Gasteiger partial charge in [0.1, 0.15) is 22.5 Å². The number of pyridine rings is 1. The monoisotopic (exact) mass is 464 g/mol. The number of rotatable bonds is 9. The smallest absolute Gasteiger partial charge is 0.222 e. The van der Waals surface area contributed by atoms with E-state index < -0.39 is 0 Å². The Morgan fingerprint density at radius 2 is 1.97 bits per heavy atom. The van der Waals surface area contributed by atoms with Crippen LogP contribution < -0.4 is 15.8 Å². The molecule has 2 aliphatic rings. The minimum absolute atomic E-state index is 0.245. The van der Waals surface area contributed by atoms with Crippen molar-refractivity contribution in [3.63, 3.8) is 0 Å². The average molecular weight is 465 g/mol. The van der Waals surface area contributed by atoms with Crippen LogP contribution in [0.2, 0.25) is 0 Å². The summed E-state index contributed by atoms with van der Waals surface area (Å²) < 4.78 is 7.65. The van der Waals surface area contributed by atoms with Crippen LogP contribution in [-0.4, -0.2) is 62.4 Å². The lowest BCUT2D eigenvalue weighted by molar-refractivity contribution is 0.0974.